The molecule has 0 aliphatic rings. The van der Waals surface area contributed by atoms with Crippen LogP contribution in [0.2, 0.25) is 0 Å². The number of rotatable bonds is 2. The SMILES string of the molecule is CC(C(=O)O)N(C)C(N)=NC(=O)OC(C)(C)C. The Balaban J connectivity index is 4.64. The Kier molecular flexibility index (Phi) is 4.93. The molecule has 98 valence electrons. The van der Waals surface area contributed by atoms with E-state index in [-0.39, 0.29) is 5.96 Å². The van der Waals surface area contributed by atoms with Gasteiger partial charge in [-0.3, -0.25) is 0 Å². The fourth-order valence-electron chi connectivity index (χ4n) is 0.821. The fraction of sp³-hybridized carbons (Fsp3) is 0.700. The Morgan fingerprint density at radius 2 is 1.88 bits per heavy atom. The number of carbonyl (C=O) groups is 2. The number of likely N-dealkylation sites (N-methyl/N-ethyl adjacent to an activating group) is 1. The number of nitrogens with two attached hydrogens (primary N) is 1. The van der Waals surface area contributed by atoms with Crippen molar-refractivity contribution in [1.82, 2.24) is 4.90 Å². The van der Waals surface area contributed by atoms with Crippen LogP contribution in [0.5, 0.6) is 0 Å². The first-order chi connectivity index (χ1) is 7.54. The van der Waals surface area contributed by atoms with Gasteiger partial charge >= 0.3 is 12.1 Å². The van der Waals surface area contributed by atoms with Gasteiger partial charge in [0, 0.05) is 7.05 Å². The van der Waals surface area contributed by atoms with E-state index in [1.165, 1.54) is 18.9 Å². The van der Waals surface area contributed by atoms with Gasteiger partial charge in [-0.1, -0.05) is 0 Å². The molecule has 1 amide bonds. The number of carboxylic acid groups (broad SMARTS) is 1. The molecule has 0 aliphatic heterocycles. The molecule has 0 aliphatic carbocycles. The van der Waals surface area contributed by atoms with Crippen LogP contribution in [0.3, 0.4) is 0 Å². The quantitative estimate of drug-likeness (QED) is 0.546. The molecule has 0 spiro atoms. The van der Waals surface area contributed by atoms with Crippen LogP contribution in [-0.2, 0) is 9.53 Å². The largest absolute Gasteiger partial charge is 0.480 e. The summed E-state index contributed by atoms with van der Waals surface area (Å²) in [5.74, 6) is -1.26. The molecule has 17 heavy (non-hydrogen) atoms. The van der Waals surface area contributed by atoms with Crippen molar-refractivity contribution in [2.45, 2.75) is 39.3 Å². The van der Waals surface area contributed by atoms with Crippen LogP contribution in [0.15, 0.2) is 4.99 Å². The summed E-state index contributed by atoms with van der Waals surface area (Å²) >= 11 is 0. The minimum Gasteiger partial charge on any atom is -0.480 e. The summed E-state index contributed by atoms with van der Waals surface area (Å²) in [6.45, 7) is 6.51. The molecule has 7 heteroatoms. The second-order valence-electron chi connectivity index (χ2n) is 4.58. The van der Waals surface area contributed by atoms with Gasteiger partial charge in [0.2, 0.25) is 5.96 Å². The lowest BCUT2D eigenvalue weighted by atomic mass is 10.2. The van der Waals surface area contributed by atoms with Crippen molar-refractivity contribution >= 4 is 18.0 Å². The van der Waals surface area contributed by atoms with Crippen LogP contribution in [0.1, 0.15) is 27.7 Å². The monoisotopic (exact) mass is 245 g/mol. The molecule has 0 fully saturated rings. The molecule has 3 N–H and O–H groups in total. The molecule has 0 saturated heterocycles. The van der Waals surface area contributed by atoms with Gasteiger partial charge in [0.05, 0.1) is 0 Å². The first kappa shape index (κ1) is 15.2. The summed E-state index contributed by atoms with van der Waals surface area (Å²) in [7, 11) is 1.43. The summed E-state index contributed by atoms with van der Waals surface area (Å²) in [5, 5.41) is 8.75. The lowest BCUT2D eigenvalue weighted by molar-refractivity contribution is -0.140. The number of ether oxygens (including phenoxy) is 1. The minimum atomic E-state index is -1.06. The predicted molar refractivity (Wildman–Crippen MR) is 62.7 cm³/mol. The third-order valence-electron chi connectivity index (χ3n) is 1.90. The molecule has 0 rings (SSSR count). The van der Waals surface area contributed by atoms with Gasteiger partial charge in [-0.25, -0.2) is 9.59 Å². The lowest BCUT2D eigenvalue weighted by Crippen LogP contribution is -2.44. The number of amides is 1. The van der Waals surface area contributed by atoms with Crippen molar-refractivity contribution < 1.29 is 19.4 Å². The summed E-state index contributed by atoms with van der Waals surface area (Å²) < 4.78 is 4.92. The van der Waals surface area contributed by atoms with E-state index < -0.39 is 23.7 Å². The molecule has 0 saturated carbocycles. The Morgan fingerprint density at radius 1 is 1.41 bits per heavy atom. The average Bonchev–Trinajstić information content (AvgIpc) is 2.11. The smallest absolute Gasteiger partial charge is 0.437 e. The number of aliphatic carboxylic acids is 1. The van der Waals surface area contributed by atoms with Gasteiger partial charge < -0.3 is 20.5 Å². The van der Waals surface area contributed by atoms with Crippen LogP contribution in [0.4, 0.5) is 4.79 Å². The van der Waals surface area contributed by atoms with Crippen molar-refractivity contribution in [2.75, 3.05) is 7.05 Å². The third kappa shape index (κ3) is 5.74. The van der Waals surface area contributed by atoms with E-state index in [4.69, 9.17) is 15.6 Å². The van der Waals surface area contributed by atoms with E-state index in [2.05, 4.69) is 4.99 Å². The van der Waals surface area contributed by atoms with Crippen molar-refractivity contribution in [3.8, 4) is 0 Å². The third-order valence-corrected chi connectivity index (χ3v) is 1.90. The lowest BCUT2D eigenvalue weighted by Gasteiger charge is -2.22. The normalized spacial score (nSPS) is 14.1. The molecule has 1 atom stereocenters. The van der Waals surface area contributed by atoms with Gasteiger partial charge in [-0.2, -0.15) is 0 Å². The number of hydrogen-bond acceptors (Lipinski definition) is 3. The van der Waals surface area contributed by atoms with Crippen molar-refractivity contribution in [3.05, 3.63) is 0 Å². The average molecular weight is 245 g/mol. The molecular formula is C10H19N3O4. The molecule has 0 aromatic rings. The number of carbonyl (C=O) groups excluding carboxylic acids is 1. The highest BCUT2D eigenvalue weighted by molar-refractivity contribution is 5.91. The predicted octanol–water partition coefficient (Wildman–Crippen LogP) is 0.641. The Morgan fingerprint density at radius 3 is 2.24 bits per heavy atom. The topological polar surface area (TPSA) is 105 Å². The summed E-state index contributed by atoms with van der Waals surface area (Å²) in [4.78, 5) is 26.6. The Labute approximate surface area is 100 Å². The summed E-state index contributed by atoms with van der Waals surface area (Å²) in [5.41, 5.74) is 4.82. The molecule has 7 nitrogen and oxygen atoms in total. The highest BCUT2D eigenvalue weighted by Crippen LogP contribution is 2.08. The Hall–Kier alpha value is -1.79. The first-order valence-corrected chi connectivity index (χ1v) is 5.07. The number of aliphatic imine (C=N–C) groups is 1. The number of guanidine groups is 1. The summed E-state index contributed by atoms with van der Waals surface area (Å²) in [6, 6.07) is -0.874. The molecule has 0 radical (unpaired) electrons. The van der Waals surface area contributed by atoms with Gasteiger partial charge in [0.15, 0.2) is 0 Å². The van der Waals surface area contributed by atoms with E-state index in [9.17, 15) is 9.59 Å². The first-order valence-electron chi connectivity index (χ1n) is 5.07. The highest BCUT2D eigenvalue weighted by Gasteiger charge is 2.21. The second kappa shape index (κ2) is 5.51. The molecule has 1 unspecified atom stereocenters. The number of carboxylic acids is 1. The van der Waals surface area contributed by atoms with E-state index in [0.29, 0.717) is 0 Å². The maximum absolute atomic E-state index is 11.3. The number of nitrogens with zero attached hydrogens (tertiary/aromatic N) is 2. The van der Waals surface area contributed by atoms with Gasteiger partial charge in [0.1, 0.15) is 11.6 Å². The molecule has 0 heterocycles. The van der Waals surface area contributed by atoms with Crippen molar-refractivity contribution in [3.63, 3.8) is 0 Å². The van der Waals surface area contributed by atoms with Crippen LogP contribution in [0.25, 0.3) is 0 Å². The van der Waals surface area contributed by atoms with Crippen molar-refractivity contribution in [1.29, 1.82) is 0 Å². The number of hydrogen-bond donors (Lipinski definition) is 2. The minimum absolute atomic E-state index is 0.200. The zero-order valence-electron chi connectivity index (χ0n) is 10.7. The maximum atomic E-state index is 11.3. The molecule has 0 aromatic heterocycles. The maximum Gasteiger partial charge on any atom is 0.437 e. The van der Waals surface area contributed by atoms with Gasteiger partial charge in [-0.15, -0.1) is 4.99 Å². The van der Waals surface area contributed by atoms with Crippen LogP contribution in [-0.4, -0.2) is 46.7 Å². The fourth-order valence-corrected chi connectivity index (χ4v) is 0.821. The van der Waals surface area contributed by atoms with Gasteiger partial charge in [0.25, 0.3) is 0 Å². The van der Waals surface area contributed by atoms with Crippen LogP contribution >= 0.6 is 0 Å². The van der Waals surface area contributed by atoms with E-state index in [1.807, 2.05) is 0 Å². The van der Waals surface area contributed by atoms with Crippen LogP contribution < -0.4 is 5.73 Å². The van der Waals surface area contributed by atoms with E-state index >= 15 is 0 Å². The molecule has 0 aromatic carbocycles. The van der Waals surface area contributed by atoms with Crippen LogP contribution in [0, 0.1) is 0 Å². The standard InChI is InChI=1S/C10H19N3O4/c1-6(7(14)15)13(5)8(11)12-9(16)17-10(2,3)4/h6H,1-5H3,(H,14,15)(H2,11,12,16). The van der Waals surface area contributed by atoms with E-state index in [1.54, 1.807) is 20.8 Å². The Bertz CT molecular complexity index is 333. The van der Waals surface area contributed by atoms with Gasteiger partial charge in [-0.05, 0) is 27.7 Å². The zero-order valence-corrected chi connectivity index (χ0v) is 10.7. The zero-order chi connectivity index (χ0) is 13.8. The highest BCUT2D eigenvalue weighted by atomic mass is 16.6. The molecule has 0 bridgehead atoms. The van der Waals surface area contributed by atoms with E-state index in [0.717, 1.165) is 0 Å². The summed E-state index contributed by atoms with van der Waals surface area (Å²) in [6.07, 6.45) is -0.848. The second-order valence-corrected chi connectivity index (χ2v) is 4.58. The molecular weight excluding hydrogens is 226 g/mol. The van der Waals surface area contributed by atoms with Crippen molar-refractivity contribution in [2.24, 2.45) is 10.7 Å².